The summed E-state index contributed by atoms with van der Waals surface area (Å²) < 4.78 is 2.54. The number of imidazole rings is 1. The summed E-state index contributed by atoms with van der Waals surface area (Å²) >= 11 is 0. The van der Waals surface area contributed by atoms with Crippen LogP contribution in [0.1, 0.15) is 50.3 Å². The Kier molecular flexibility index (Phi) is 2.53. The normalized spacial score (nSPS) is 24.3. The summed E-state index contributed by atoms with van der Waals surface area (Å²) in [6.07, 6.45) is 7.74. The maximum absolute atomic E-state index is 4.85. The van der Waals surface area contributed by atoms with E-state index in [9.17, 15) is 0 Å². The molecule has 0 radical (unpaired) electrons. The van der Waals surface area contributed by atoms with Gasteiger partial charge in [0.05, 0.1) is 5.69 Å². The van der Waals surface area contributed by atoms with Crippen LogP contribution in [0.15, 0.2) is 0 Å². The van der Waals surface area contributed by atoms with Gasteiger partial charge in [0.2, 0.25) is 0 Å². The first-order valence-corrected chi connectivity index (χ1v) is 6.83. The number of nitrogens with zero attached hydrogens (tertiary/aromatic N) is 2. The van der Waals surface area contributed by atoms with Crippen molar-refractivity contribution in [3.05, 3.63) is 17.2 Å². The van der Waals surface area contributed by atoms with Crippen LogP contribution >= 0.6 is 0 Å². The predicted molar refractivity (Wildman–Crippen MR) is 65.5 cm³/mol. The first-order valence-electron chi connectivity index (χ1n) is 6.83. The number of aromatic nitrogens is 2. The van der Waals surface area contributed by atoms with Gasteiger partial charge in [0.1, 0.15) is 5.82 Å². The zero-order valence-corrected chi connectivity index (χ0v) is 10.5. The van der Waals surface area contributed by atoms with Crippen molar-refractivity contribution in [2.75, 3.05) is 0 Å². The molecule has 1 aromatic heterocycles. The Labute approximate surface area is 98.1 Å². The van der Waals surface area contributed by atoms with Gasteiger partial charge < -0.3 is 4.57 Å². The Bertz CT molecular complexity index is 390. The van der Waals surface area contributed by atoms with Crippen molar-refractivity contribution in [2.24, 2.45) is 11.8 Å². The third-order valence-electron chi connectivity index (χ3n) is 4.42. The highest BCUT2D eigenvalue weighted by Gasteiger charge is 2.27. The lowest BCUT2D eigenvalue weighted by molar-refractivity contribution is 0.331. The van der Waals surface area contributed by atoms with Crippen LogP contribution < -0.4 is 0 Å². The lowest BCUT2D eigenvalue weighted by Gasteiger charge is -2.27. The number of rotatable bonds is 1. The van der Waals surface area contributed by atoms with Crippen LogP contribution in [0.4, 0.5) is 0 Å². The van der Waals surface area contributed by atoms with Crippen LogP contribution in [-0.2, 0) is 25.8 Å². The number of hydrogen-bond donors (Lipinski definition) is 0. The quantitative estimate of drug-likeness (QED) is 0.708. The van der Waals surface area contributed by atoms with E-state index in [-0.39, 0.29) is 0 Å². The predicted octanol–water partition coefficient (Wildman–Crippen LogP) is 2.98. The van der Waals surface area contributed by atoms with Crippen LogP contribution in [0.2, 0.25) is 0 Å². The molecule has 0 N–H and O–H groups in total. The molecule has 0 spiro atoms. The molecule has 0 aromatic carbocycles. The van der Waals surface area contributed by atoms with E-state index in [1.807, 2.05) is 0 Å². The minimum atomic E-state index is 0.822. The molecule has 2 nitrogen and oxygen atoms in total. The molecule has 1 aliphatic carbocycles. The highest BCUT2D eigenvalue weighted by atomic mass is 15.1. The first kappa shape index (κ1) is 10.4. The molecule has 1 aromatic rings. The van der Waals surface area contributed by atoms with E-state index in [0.29, 0.717) is 0 Å². The van der Waals surface area contributed by atoms with E-state index in [4.69, 9.17) is 4.98 Å². The molecule has 1 aliphatic heterocycles. The molecular formula is C14H22N2. The van der Waals surface area contributed by atoms with Gasteiger partial charge in [-0.1, -0.05) is 13.8 Å². The van der Waals surface area contributed by atoms with E-state index in [0.717, 1.165) is 11.8 Å². The standard InChI is InChI=1S/C14H22N2/c1-10(2)11-6-7-12-13(9-11)16-8-4-3-5-14(16)15-12/h10-11H,3-9H2,1-2H3. The van der Waals surface area contributed by atoms with Crippen molar-refractivity contribution >= 4 is 0 Å². The average molecular weight is 218 g/mol. The fourth-order valence-corrected chi connectivity index (χ4v) is 3.27. The van der Waals surface area contributed by atoms with Crippen molar-refractivity contribution in [3.8, 4) is 0 Å². The van der Waals surface area contributed by atoms with Gasteiger partial charge in [-0.3, -0.25) is 0 Å². The highest BCUT2D eigenvalue weighted by molar-refractivity contribution is 5.22. The second-order valence-electron chi connectivity index (χ2n) is 5.78. The summed E-state index contributed by atoms with van der Waals surface area (Å²) in [5, 5.41) is 0. The summed E-state index contributed by atoms with van der Waals surface area (Å²) in [6.45, 7) is 5.95. The molecule has 88 valence electrons. The Hall–Kier alpha value is -0.790. The molecule has 16 heavy (non-hydrogen) atoms. The molecule has 1 unspecified atom stereocenters. The van der Waals surface area contributed by atoms with Gasteiger partial charge >= 0.3 is 0 Å². The largest absolute Gasteiger partial charge is 0.332 e. The summed E-state index contributed by atoms with van der Waals surface area (Å²) in [5.41, 5.74) is 3.01. The molecule has 2 heterocycles. The molecule has 0 saturated heterocycles. The van der Waals surface area contributed by atoms with Crippen LogP contribution in [0.25, 0.3) is 0 Å². The van der Waals surface area contributed by atoms with Gasteiger partial charge in [0.25, 0.3) is 0 Å². The molecule has 0 bridgehead atoms. The fourth-order valence-electron chi connectivity index (χ4n) is 3.27. The van der Waals surface area contributed by atoms with Crippen molar-refractivity contribution in [2.45, 2.75) is 58.9 Å². The van der Waals surface area contributed by atoms with Gasteiger partial charge in [-0.25, -0.2) is 4.98 Å². The minimum Gasteiger partial charge on any atom is -0.332 e. The van der Waals surface area contributed by atoms with Crippen LogP contribution in [0.5, 0.6) is 0 Å². The monoisotopic (exact) mass is 218 g/mol. The third-order valence-corrected chi connectivity index (χ3v) is 4.42. The smallest absolute Gasteiger partial charge is 0.109 e. The van der Waals surface area contributed by atoms with Crippen molar-refractivity contribution in [1.29, 1.82) is 0 Å². The summed E-state index contributed by atoms with van der Waals surface area (Å²) in [4.78, 5) is 4.85. The Balaban J connectivity index is 1.93. The zero-order valence-electron chi connectivity index (χ0n) is 10.5. The molecular weight excluding hydrogens is 196 g/mol. The Morgan fingerprint density at radius 2 is 2.12 bits per heavy atom. The first-order chi connectivity index (χ1) is 7.75. The maximum atomic E-state index is 4.85. The highest BCUT2D eigenvalue weighted by Crippen LogP contribution is 2.32. The van der Waals surface area contributed by atoms with Crippen LogP contribution in [-0.4, -0.2) is 9.55 Å². The van der Waals surface area contributed by atoms with Gasteiger partial charge in [-0.05, 0) is 43.9 Å². The topological polar surface area (TPSA) is 17.8 Å². The van der Waals surface area contributed by atoms with E-state index in [1.54, 1.807) is 5.69 Å². The van der Waals surface area contributed by atoms with Gasteiger partial charge in [0.15, 0.2) is 0 Å². The van der Waals surface area contributed by atoms with Gasteiger partial charge in [-0.15, -0.1) is 0 Å². The Morgan fingerprint density at radius 3 is 2.94 bits per heavy atom. The second kappa shape index (κ2) is 3.90. The van der Waals surface area contributed by atoms with Gasteiger partial charge in [0, 0.05) is 18.7 Å². The van der Waals surface area contributed by atoms with E-state index < -0.39 is 0 Å². The summed E-state index contributed by atoms with van der Waals surface area (Å²) in [5.74, 6) is 3.08. The molecule has 1 atom stereocenters. The molecule has 2 aliphatic rings. The molecule has 0 fully saturated rings. The maximum Gasteiger partial charge on any atom is 0.109 e. The average Bonchev–Trinajstić information content (AvgIpc) is 2.66. The molecule has 3 rings (SSSR count). The van der Waals surface area contributed by atoms with Crippen LogP contribution in [0, 0.1) is 11.8 Å². The lowest BCUT2D eigenvalue weighted by Crippen LogP contribution is -2.22. The minimum absolute atomic E-state index is 0.822. The van der Waals surface area contributed by atoms with Gasteiger partial charge in [-0.2, -0.15) is 0 Å². The van der Waals surface area contributed by atoms with E-state index in [1.165, 1.54) is 56.6 Å². The summed E-state index contributed by atoms with van der Waals surface area (Å²) in [7, 11) is 0. The SMILES string of the molecule is CC(C)C1CCc2nc3n(c2C1)CCCC3. The van der Waals surface area contributed by atoms with Crippen molar-refractivity contribution < 1.29 is 0 Å². The van der Waals surface area contributed by atoms with Crippen molar-refractivity contribution in [1.82, 2.24) is 9.55 Å². The van der Waals surface area contributed by atoms with E-state index >= 15 is 0 Å². The van der Waals surface area contributed by atoms with Crippen molar-refractivity contribution in [3.63, 3.8) is 0 Å². The number of fused-ring (bicyclic) bond motifs is 3. The lowest BCUT2D eigenvalue weighted by atomic mass is 9.82. The second-order valence-corrected chi connectivity index (χ2v) is 5.78. The summed E-state index contributed by atoms with van der Waals surface area (Å²) in [6, 6.07) is 0. The van der Waals surface area contributed by atoms with E-state index in [2.05, 4.69) is 18.4 Å². The van der Waals surface area contributed by atoms with Crippen LogP contribution in [0.3, 0.4) is 0 Å². The molecule has 2 heteroatoms. The molecule has 0 amide bonds. The third kappa shape index (κ3) is 1.59. The number of hydrogen-bond acceptors (Lipinski definition) is 1. The zero-order chi connectivity index (χ0) is 11.1. The number of aryl methyl sites for hydroxylation is 2. The fraction of sp³-hybridized carbons (Fsp3) is 0.786. The Morgan fingerprint density at radius 1 is 1.25 bits per heavy atom. The molecule has 0 saturated carbocycles.